The Hall–Kier alpha value is -3.01. The maximum atomic E-state index is 11.7. The van der Waals surface area contributed by atoms with Gasteiger partial charge in [0.05, 0.1) is 32.0 Å². The maximum Gasteiger partial charge on any atom is 0.407 e. The highest BCUT2D eigenvalue weighted by Crippen LogP contribution is 2.28. The molecule has 2 aromatic rings. The van der Waals surface area contributed by atoms with Crippen LogP contribution in [0.2, 0.25) is 0 Å². The van der Waals surface area contributed by atoms with Crippen molar-refractivity contribution in [3.05, 3.63) is 34.8 Å². The smallest absolute Gasteiger partial charge is 0.407 e. The minimum Gasteiger partial charge on any atom is -0.496 e. The summed E-state index contributed by atoms with van der Waals surface area (Å²) in [5, 5.41) is 7.98. The summed E-state index contributed by atoms with van der Waals surface area (Å²) in [5.74, 6) is 1.54. The highest BCUT2D eigenvalue weighted by molar-refractivity contribution is 7.13. The third kappa shape index (κ3) is 7.15. The standard InChI is InChI=1S/C19H27N5O4S/c1-19(2,3)24-18(25)28-10-12-11-29-17(22-12)23-16(20)21-9-13-14(26-4)7-6-8-15(13)27-5/h6-8,11H,9-10H2,1-5H3,(H,24,25)(H3,20,21,22,23). The molecular weight excluding hydrogens is 394 g/mol. The van der Waals surface area contributed by atoms with Gasteiger partial charge in [0, 0.05) is 10.9 Å². The number of alkyl carbamates (subject to hydrolysis) is 1. The fourth-order valence-electron chi connectivity index (χ4n) is 2.31. The van der Waals surface area contributed by atoms with Crippen molar-refractivity contribution in [1.29, 1.82) is 0 Å². The van der Waals surface area contributed by atoms with Gasteiger partial charge in [0.25, 0.3) is 0 Å². The van der Waals surface area contributed by atoms with Gasteiger partial charge in [-0.1, -0.05) is 6.07 Å². The molecule has 0 atom stereocenters. The number of nitrogens with two attached hydrogens (primary N) is 1. The van der Waals surface area contributed by atoms with Gasteiger partial charge in [-0.15, -0.1) is 11.3 Å². The summed E-state index contributed by atoms with van der Waals surface area (Å²) in [4.78, 5) is 20.4. The number of guanidine groups is 1. The SMILES string of the molecule is COc1cccc(OC)c1CN=C(N)Nc1nc(COC(=O)NC(C)(C)C)cs1. The second kappa shape index (κ2) is 9.97. The Labute approximate surface area is 174 Å². The second-order valence-electron chi connectivity index (χ2n) is 7.06. The van der Waals surface area contributed by atoms with Gasteiger partial charge >= 0.3 is 6.09 Å². The number of hydrogen-bond donors (Lipinski definition) is 3. The number of hydrogen-bond acceptors (Lipinski definition) is 7. The Morgan fingerprint density at radius 2 is 1.90 bits per heavy atom. The third-order valence-corrected chi connectivity index (χ3v) is 4.36. The fourth-order valence-corrected chi connectivity index (χ4v) is 3.01. The number of aromatic nitrogens is 1. The van der Waals surface area contributed by atoms with E-state index in [0.717, 1.165) is 5.56 Å². The van der Waals surface area contributed by atoms with Crippen LogP contribution in [-0.2, 0) is 17.9 Å². The number of thiazole rings is 1. The van der Waals surface area contributed by atoms with E-state index in [1.54, 1.807) is 19.6 Å². The van der Waals surface area contributed by atoms with E-state index in [2.05, 4.69) is 20.6 Å². The van der Waals surface area contributed by atoms with Crippen molar-refractivity contribution in [2.24, 2.45) is 10.7 Å². The minimum atomic E-state index is -0.494. The van der Waals surface area contributed by atoms with Crippen LogP contribution < -0.4 is 25.8 Å². The highest BCUT2D eigenvalue weighted by atomic mass is 32.1. The molecule has 4 N–H and O–H groups in total. The molecule has 0 spiro atoms. The zero-order valence-corrected chi connectivity index (χ0v) is 18.1. The molecule has 1 heterocycles. The van der Waals surface area contributed by atoms with E-state index in [-0.39, 0.29) is 24.7 Å². The lowest BCUT2D eigenvalue weighted by molar-refractivity contribution is 0.130. The van der Waals surface area contributed by atoms with E-state index < -0.39 is 6.09 Å². The summed E-state index contributed by atoms with van der Waals surface area (Å²) < 4.78 is 15.9. The van der Waals surface area contributed by atoms with Gasteiger partial charge in [-0.2, -0.15) is 0 Å². The average Bonchev–Trinajstić information content (AvgIpc) is 3.10. The number of aliphatic imine (C=N–C) groups is 1. The van der Waals surface area contributed by atoms with Gasteiger partial charge in [-0.25, -0.2) is 14.8 Å². The van der Waals surface area contributed by atoms with Crippen LogP contribution in [0.15, 0.2) is 28.6 Å². The number of rotatable bonds is 7. The van der Waals surface area contributed by atoms with E-state index in [4.69, 9.17) is 19.9 Å². The molecule has 0 aliphatic heterocycles. The van der Waals surface area contributed by atoms with Gasteiger partial charge in [-0.05, 0) is 32.9 Å². The average molecular weight is 422 g/mol. The van der Waals surface area contributed by atoms with E-state index in [1.165, 1.54) is 11.3 Å². The molecule has 0 radical (unpaired) electrons. The monoisotopic (exact) mass is 421 g/mol. The summed E-state index contributed by atoms with van der Waals surface area (Å²) in [6.45, 7) is 5.97. The molecule has 0 bridgehead atoms. The molecular formula is C19H27N5O4S. The molecule has 0 aliphatic carbocycles. The number of benzene rings is 1. The summed E-state index contributed by atoms with van der Waals surface area (Å²) in [6, 6.07) is 5.51. The fraction of sp³-hybridized carbons (Fsp3) is 0.421. The zero-order valence-electron chi connectivity index (χ0n) is 17.2. The highest BCUT2D eigenvalue weighted by Gasteiger charge is 2.15. The van der Waals surface area contributed by atoms with Crippen LogP contribution >= 0.6 is 11.3 Å². The Morgan fingerprint density at radius 3 is 2.48 bits per heavy atom. The Morgan fingerprint density at radius 1 is 1.24 bits per heavy atom. The number of nitrogens with zero attached hydrogens (tertiary/aromatic N) is 2. The van der Waals surface area contributed by atoms with Crippen molar-refractivity contribution in [2.75, 3.05) is 19.5 Å². The molecule has 2 rings (SSSR count). The number of carbonyl (C=O) groups is 1. The summed E-state index contributed by atoms with van der Waals surface area (Å²) >= 11 is 1.34. The van der Waals surface area contributed by atoms with E-state index in [9.17, 15) is 4.79 Å². The van der Waals surface area contributed by atoms with Gasteiger partial charge in [-0.3, -0.25) is 0 Å². The van der Waals surface area contributed by atoms with Crippen molar-refractivity contribution in [3.63, 3.8) is 0 Å². The molecule has 0 unspecified atom stereocenters. The predicted molar refractivity (Wildman–Crippen MR) is 114 cm³/mol. The van der Waals surface area contributed by atoms with Gasteiger partial charge in [0.1, 0.15) is 18.1 Å². The minimum absolute atomic E-state index is 0.0650. The predicted octanol–water partition coefficient (Wildman–Crippen LogP) is 3.11. The lowest BCUT2D eigenvalue weighted by Gasteiger charge is -2.19. The number of nitrogens with one attached hydrogen (secondary N) is 2. The number of methoxy groups -OCH3 is 2. The molecule has 0 saturated carbocycles. The van der Waals surface area contributed by atoms with Crippen LogP contribution in [-0.4, -0.2) is 36.8 Å². The Kier molecular flexibility index (Phi) is 7.66. The first kappa shape index (κ1) is 22.3. The lowest BCUT2D eigenvalue weighted by atomic mass is 10.1. The molecule has 0 saturated heterocycles. The van der Waals surface area contributed by atoms with E-state index in [0.29, 0.717) is 22.3 Å². The van der Waals surface area contributed by atoms with E-state index in [1.807, 2.05) is 39.0 Å². The number of ether oxygens (including phenoxy) is 3. The van der Waals surface area contributed by atoms with Crippen molar-refractivity contribution < 1.29 is 19.0 Å². The molecule has 10 heteroatoms. The first-order chi connectivity index (χ1) is 13.7. The molecule has 29 heavy (non-hydrogen) atoms. The molecule has 0 aliphatic rings. The van der Waals surface area contributed by atoms with Crippen LogP contribution in [0.1, 0.15) is 32.0 Å². The van der Waals surface area contributed by atoms with Crippen LogP contribution in [0.4, 0.5) is 9.93 Å². The van der Waals surface area contributed by atoms with Crippen molar-refractivity contribution in [3.8, 4) is 11.5 Å². The first-order valence-electron chi connectivity index (χ1n) is 8.88. The van der Waals surface area contributed by atoms with Gasteiger partial charge < -0.3 is 30.6 Å². The van der Waals surface area contributed by atoms with Crippen LogP contribution in [0.5, 0.6) is 11.5 Å². The third-order valence-electron chi connectivity index (χ3n) is 3.55. The Balaban J connectivity index is 1.93. The Bertz CT molecular complexity index is 838. The summed E-state index contributed by atoms with van der Waals surface area (Å²) in [6.07, 6.45) is -0.494. The first-order valence-corrected chi connectivity index (χ1v) is 9.76. The van der Waals surface area contributed by atoms with Crippen molar-refractivity contribution >= 4 is 28.5 Å². The van der Waals surface area contributed by atoms with Crippen LogP contribution in [0.3, 0.4) is 0 Å². The van der Waals surface area contributed by atoms with Crippen LogP contribution in [0, 0.1) is 0 Å². The van der Waals surface area contributed by atoms with Gasteiger partial charge in [0.15, 0.2) is 11.1 Å². The maximum absolute atomic E-state index is 11.7. The van der Waals surface area contributed by atoms with Crippen LogP contribution in [0.25, 0.3) is 0 Å². The lowest BCUT2D eigenvalue weighted by Crippen LogP contribution is -2.40. The second-order valence-corrected chi connectivity index (χ2v) is 7.92. The molecule has 1 amide bonds. The zero-order chi connectivity index (χ0) is 21.4. The molecule has 158 valence electrons. The van der Waals surface area contributed by atoms with Crippen molar-refractivity contribution in [1.82, 2.24) is 10.3 Å². The number of anilines is 1. The van der Waals surface area contributed by atoms with E-state index >= 15 is 0 Å². The molecule has 1 aromatic heterocycles. The number of carbonyl (C=O) groups excluding carboxylic acids is 1. The summed E-state index contributed by atoms with van der Waals surface area (Å²) in [7, 11) is 3.18. The topological polar surface area (TPSA) is 120 Å². The van der Waals surface area contributed by atoms with Gasteiger partial charge in [0.2, 0.25) is 0 Å². The quantitative estimate of drug-likeness (QED) is 0.464. The normalized spacial score (nSPS) is 11.7. The molecule has 0 fully saturated rings. The number of amides is 1. The molecule has 9 nitrogen and oxygen atoms in total. The summed E-state index contributed by atoms with van der Waals surface area (Å²) in [5.41, 5.74) is 7.01. The largest absolute Gasteiger partial charge is 0.496 e. The van der Waals surface area contributed by atoms with Crippen molar-refractivity contribution in [2.45, 2.75) is 39.5 Å². The molecule has 1 aromatic carbocycles.